The van der Waals surface area contributed by atoms with Crippen molar-refractivity contribution < 1.29 is 28.5 Å². The highest BCUT2D eigenvalue weighted by Crippen LogP contribution is 2.20. The van der Waals surface area contributed by atoms with Crippen LogP contribution >= 0.6 is 0 Å². The Morgan fingerprint density at radius 2 is 1.50 bits per heavy atom. The summed E-state index contributed by atoms with van der Waals surface area (Å²) < 4.78 is 22.9. The normalized spacial score (nSPS) is 20.5. The van der Waals surface area contributed by atoms with Crippen molar-refractivity contribution in [3.05, 3.63) is 65.7 Å². The standard InChI is InChI=1S/C24H30N2O6/c1-24(2)31-14-13-30-20(15-25-23(28)18-9-11-19(29-3)12-10-18)21(32-24)16-26-22(27)17-7-5-4-6-8-17/h4-12,20-21H,13-16H2,1-3H3,(H,25,28)(H,26,27)/t20-,21+/m1/s1. The van der Waals surface area contributed by atoms with E-state index in [4.69, 9.17) is 18.9 Å². The van der Waals surface area contributed by atoms with Gasteiger partial charge in [0.15, 0.2) is 5.79 Å². The van der Waals surface area contributed by atoms with Crippen LogP contribution in [-0.4, -0.2) is 63.2 Å². The van der Waals surface area contributed by atoms with Gasteiger partial charge in [0.05, 0.1) is 20.3 Å². The minimum atomic E-state index is -0.857. The largest absolute Gasteiger partial charge is 0.497 e. The molecule has 3 rings (SSSR count). The molecule has 2 atom stereocenters. The molecule has 0 spiro atoms. The minimum absolute atomic E-state index is 0.198. The van der Waals surface area contributed by atoms with Crippen LogP contribution in [0.4, 0.5) is 0 Å². The molecule has 2 amide bonds. The molecule has 0 radical (unpaired) electrons. The number of carbonyl (C=O) groups excluding carboxylic acids is 2. The average molecular weight is 443 g/mol. The molecule has 0 aliphatic carbocycles. The molecule has 0 unspecified atom stereocenters. The lowest BCUT2D eigenvalue weighted by atomic mass is 10.1. The SMILES string of the molecule is COc1ccc(C(=O)NC[C@H]2OCCOC(C)(C)O[C@H]2CNC(=O)c2ccccc2)cc1. The molecule has 8 nitrogen and oxygen atoms in total. The molecule has 2 aromatic carbocycles. The van der Waals surface area contributed by atoms with Crippen LogP contribution in [0.15, 0.2) is 54.6 Å². The van der Waals surface area contributed by atoms with Crippen molar-refractivity contribution in [2.75, 3.05) is 33.4 Å². The van der Waals surface area contributed by atoms with Crippen molar-refractivity contribution in [1.82, 2.24) is 10.6 Å². The average Bonchev–Trinajstić information content (AvgIpc) is 2.80. The van der Waals surface area contributed by atoms with Crippen LogP contribution in [0, 0.1) is 0 Å². The van der Waals surface area contributed by atoms with Gasteiger partial charge in [0, 0.05) is 24.2 Å². The Bertz CT molecular complexity index is 885. The number of amides is 2. The minimum Gasteiger partial charge on any atom is -0.497 e. The van der Waals surface area contributed by atoms with Crippen LogP contribution in [0.25, 0.3) is 0 Å². The van der Waals surface area contributed by atoms with E-state index in [1.165, 1.54) is 0 Å². The maximum absolute atomic E-state index is 12.6. The van der Waals surface area contributed by atoms with Gasteiger partial charge in [-0.2, -0.15) is 0 Å². The highest BCUT2D eigenvalue weighted by atomic mass is 16.7. The third-order valence-electron chi connectivity index (χ3n) is 5.03. The maximum atomic E-state index is 12.6. The van der Waals surface area contributed by atoms with Gasteiger partial charge in [0.25, 0.3) is 11.8 Å². The first kappa shape index (κ1) is 23.7. The fraction of sp³-hybridized carbons (Fsp3) is 0.417. The zero-order valence-electron chi connectivity index (χ0n) is 18.6. The second-order valence-electron chi connectivity index (χ2n) is 7.83. The Kier molecular flexibility index (Phi) is 8.21. The number of benzene rings is 2. The molecule has 32 heavy (non-hydrogen) atoms. The molecule has 1 aliphatic rings. The zero-order valence-corrected chi connectivity index (χ0v) is 18.6. The molecule has 172 valence electrons. The molecule has 1 heterocycles. The van der Waals surface area contributed by atoms with Gasteiger partial charge in [0.1, 0.15) is 18.0 Å². The number of methoxy groups -OCH3 is 1. The molecule has 1 saturated heterocycles. The van der Waals surface area contributed by atoms with Crippen molar-refractivity contribution in [2.45, 2.75) is 31.8 Å². The molecule has 0 saturated carbocycles. The fourth-order valence-electron chi connectivity index (χ4n) is 3.35. The second kappa shape index (κ2) is 11.1. The number of hydrogen-bond donors (Lipinski definition) is 2. The summed E-state index contributed by atoms with van der Waals surface area (Å²) in [5, 5.41) is 5.78. The van der Waals surface area contributed by atoms with Crippen LogP contribution in [0.3, 0.4) is 0 Å². The highest BCUT2D eigenvalue weighted by molar-refractivity contribution is 5.94. The number of rotatable bonds is 7. The Balaban J connectivity index is 1.65. The zero-order chi connectivity index (χ0) is 23.0. The predicted octanol–water partition coefficient (Wildman–Crippen LogP) is 2.39. The molecular formula is C24H30N2O6. The summed E-state index contributed by atoms with van der Waals surface area (Å²) in [6.07, 6.45) is -1.01. The van der Waals surface area contributed by atoms with Crippen molar-refractivity contribution in [2.24, 2.45) is 0 Å². The van der Waals surface area contributed by atoms with Gasteiger partial charge in [-0.3, -0.25) is 9.59 Å². The van der Waals surface area contributed by atoms with E-state index in [1.54, 1.807) is 55.6 Å². The monoisotopic (exact) mass is 442 g/mol. The van der Waals surface area contributed by atoms with Crippen LogP contribution in [0.5, 0.6) is 5.75 Å². The number of nitrogens with one attached hydrogen (secondary N) is 2. The van der Waals surface area contributed by atoms with Crippen molar-refractivity contribution >= 4 is 11.8 Å². The molecular weight excluding hydrogens is 412 g/mol. The maximum Gasteiger partial charge on any atom is 0.251 e. The van der Waals surface area contributed by atoms with Crippen molar-refractivity contribution in [3.8, 4) is 5.75 Å². The molecule has 8 heteroatoms. The third kappa shape index (κ3) is 6.78. The molecule has 1 fully saturated rings. The van der Waals surface area contributed by atoms with Crippen LogP contribution in [0.1, 0.15) is 34.6 Å². The second-order valence-corrected chi connectivity index (χ2v) is 7.83. The van der Waals surface area contributed by atoms with Gasteiger partial charge in [-0.15, -0.1) is 0 Å². The molecule has 0 aromatic heterocycles. The van der Waals surface area contributed by atoms with E-state index in [2.05, 4.69) is 10.6 Å². The Hall–Kier alpha value is -2.94. The van der Waals surface area contributed by atoms with Gasteiger partial charge in [-0.1, -0.05) is 18.2 Å². The summed E-state index contributed by atoms with van der Waals surface area (Å²) in [5.74, 6) is -0.629. The van der Waals surface area contributed by atoms with E-state index in [9.17, 15) is 9.59 Å². The summed E-state index contributed by atoms with van der Waals surface area (Å²) in [6.45, 7) is 4.75. The summed E-state index contributed by atoms with van der Waals surface area (Å²) >= 11 is 0. The van der Waals surface area contributed by atoms with E-state index in [0.717, 1.165) is 0 Å². The highest BCUT2D eigenvalue weighted by Gasteiger charge is 2.33. The van der Waals surface area contributed by atoms with Gasteiger partial charge < -0.3 is 29.6 Å². The molecule has 0 bridgehead atoms. The van der Waals surface area contributed by atoms with Crippen molar-refractivity contribution in [3.63, 3.8) is 0 Å². The first-order chi connectivity index (χ1) is 15.4. The summed E-state index contributed by atoms with van der Waals surface area (Å²) in [7, 11) is 1.57. The topological polar surface area (TPSA) is 95.1 Å². The smallest absolute Gasteiger partial charge is 0.251 e. The van der Waals surface area contributed by atoms with E-state index < -0.39 is 18.0 Å². The lowest BCUT2D eigenvalue weighted by molar-refractivity contribution is -0.277. The predicted molar refractivity (Wildman–Crippen MR) is 119 cm³/mol. The Labute approximate surface area is 188 Å². The van der Waals surface area contributed by atoms with Gasteiger partial charge in [-0.05, 0) is 50.2 Å². The van der Waals surface area contributed by atoms with E-state index in [-0.39, 0.29) is 24.9 Å². The number of hydrogen-bond acceptors (Lipinski definition) is 6. The summed E-state index contributed by atoms with van der Waals surface area (Å²) in [6, 6.07) is 15.8. The quantitative estimate of drug-likeness (QED) is 0.684. The van der Waals surface area contributed by atoms with E-state index >= 15 is 0 Å². The van der Waals surface area contributed by atoms with Crippen LogP contribution in [-0.2, 0) is 14.2 Å². The van der Waals surface area contributed by atoms with Gasteiger partial charge >= 0.3 is 0 Å². The van der Waals surface area contributed by atoms with Crippen LogP contribution in [0.2, 0.25) is 0 Å². The van der Waals surface area contributed by atoms with Crippen molar-refractivity contribution in [1.29, 1.82) is 0 Å². The Morgan fingerprint density at radius 3 is 2.12 bits per heavy atom. The summed E-state index contributed by atoms with van der Waals surface area (Å²) in [4.78, 5) is 25.1. The van der Waals surface area contributed by atoms with Gasteiger partial charge in [0.2, 0.25) is 0 Å². The van der Waals surface area contributed by atoms with E-state index in [1.807, 2.05) is 19.9 Å². The first-order valence-corrected chi connectivity index (χ1v) is 10.6. The lowest BCUT2D eigenvalue weighted by Crippen LogP contribution is -2.52. The third-order valence-corrected chi connectivity index (χ3v) is 5.03. The molecule has 2 aromatic rings. The lowest BCUT2D eigenvalue weighted by Gasteiger charge is -2.37. The van der Waals surface area contributed by atoms with E-state index in [0.29, 0.717) is 30.1 Å². The molecule has 1 aliphatic heterocycles. The molecule has 2 N–H and O–H groups in total. The van der Waals surface area contributed by atoms with Gasteiger partial charge in [-0.25, -0.2) is 0 Å². The Morgan fingerprint density at radius 1 is 0.906 bits per heavy atom. The first-order valence-electron chi connectivity index (χ1n) is 10.6. The summed E-state index contributed by atoms with van der Waals surface area (Å²) in [5.41, 5.74) is 1.06. The number of ether oxygens (including phenoxy) is 4. The van der Waals surface area contributed by atoms with Crippen LogP contribution < -0.4 is 15.4 Å². The fourth-order valence-corrected chi connectivity index (χ4v) is 3.35. The number of carbonyl (C=O) groups is 2.